The Bertz CT molecular complexity index is 602. The predicted octanol–water partition coefficient (Wildman–Crippen LogP) is 8.69. The molecule has 0 amide bonds. The number of hydrogen-bond acceptors (Lipinski definition) is 0. The molecule has 0 spiro atoms. The van der Waals surface area contributed by atoms with Crippen LogP contribution >= 0.6 is 7.92 Å². The highest BCUT2D eigenvalue weighted by Gasteiger charge is 2.57. The van der Waals surface area contributed by atoms with Crippen LogP contribution in [-0.2, 0) is 0 Å². The first kappa shape index (κ1) is 21.9. The first-order chi connectivity index (χ1) is 14.6. The van der Waals surface area contributed by atoms with E-state index in [4.69, 9.17) is 0 Å². The summed E-state index contributed by atoms with van der Waals surface area (Å²) in [6.07, 6.45) is 19.2. The monoisotopic (exact) mass is 442 g/mol. The summed E-state index contributed by atoms with van der Waals surface area (Å²) in [7, 11) is 0.240. The molecule has 9 aliphatic carbocycles. The van der Waals surface area contributed by atoms with Gasteiger partial charge in [-0.3, -0.25) is 0 Å². The summed E-state index contributed by atoms with van der Waals surface area (Å²) in [5.74, 6) is 9.67. The van der Waals surface area contributed by atoms with Crippen LogP contribution in [-0.4, -0.2) is 18.5 Å². The van der Waals surface area contributed by atoms with E-state index in [1.165, 1.54) is 0 Å². The largest absolute Gasteiger partial charge is 0.106 e. The molecule has 0 aliphatic heterocycles. The number of hydrogen-bond donors (Lipinski definition) is 0. The number of rotatable bonds is 6. The molecular formula is C30H51P. The van der Waals surface area contributed by atoms with Gasteiger partial charge >= 0.3 is 0 Å². The minimum atomic E-state index is 0.240. The zero-order valence-corrected chi connectivity index (χ0v) is 22.5. The molecule has 9 fully saturated rings. The molecule has 0 nitrogen and oxygen atoms in total. The van der Waals surface area contributed by atoms with Gasteiger partial charge in [-0.2, -0.15) is 0 Å². The molecule has 9 saturated carbocycles. The Morgan fingerprint density at radius 3 is 1.00 bits per heavy atom. The Balaban J connectivity index is 1.18. The Morgan fingerprint density at radius 2 is 0.774 bits per heavy atom. The molecule has 0 aromatic carbocycles. The minimum absolute atomic E-state index is 0.240. The lowest BCUT2D eigenvalue weighted by molar-refractivity contribution is -0.101. The zero-order chi connectivity index (χ0) is 21.8. The van der Waals surface area contributed by atoms with Crippen LogP contribution in [0.2, 0.25) is 0 Å². The van der Waals surface area contributed by atoms with E-state index in [-0.39, 0.29) is 7.92 Å². The summed E-state index contributed by atoms with van der Waals surface area (Å²) in [6.45, 7) is 15.7. The van der Waals surface area contributed by atoms with Gasteiger partial charge in [0.2, 0.25) is 0 Å². The normalized spacial score (nSPS) is 51.1. The SMILES string of the molecule is CC1(C)C2CCC(CP(CC3CCC4CC3C4(C)C)CC3CC[C@H]4C[C@@H]3C4(C)C)C1C2. The minimum Gasteiger partial charge on any atom is -0.106 e. The fourth-order valence-corrected chi connectivity index (χ4v) is 14.5. The van der Waals surface area contributed by atoms with Crippen molar-refractivity contribution >= 4 is 7.92 Å². The van der Waals surface area contributed by atoms with Crippen LogP contribution in [0.3, 0.4) is 0 Å². The van der Waals surface area contributed by atoms with Gasteiger partial charge in [-0.15, -0.1) is 7.92 Å². The highest BCUT2D eigenvalue weighted by atomic mass is 31.1. The smallest absolute Gasteiger partial charge is 0.0294 e. The topological polar surface area (TPSA) is 0 Å². The molecule has 7 unspecified atom stereocenters. The van der Waals surface area contributed by atoms with Crippen molar-refractivity contribution in [2.75, 3.05) is 18.5 Å². The third-order valence-corrected chi connectivity index (χ3v) is 16.4. The standard InChI is InChI=1S/C30H51P/c1-28(2)22-10-7-19(25(28)13-22)16-31(17-20-8-11-23-14-26(20)29(23,3)4)18-21-9-12-24-15-27(21)30(24,5)6/h19-27H,7-18H2,1-6H3/t19?,20?,21?,22-,23?,24?,25-,26?,27?,31?/m0/s1. The average molecular weight is 443 g/mol. The third kappa shape index (κ3) is 3.22. The lowest BCUT2D eigenvalue weighted by atomic mass is 9.46. The Morgan fingerprint density at radius 1 is 0.484 bits per heavy atom. The lowest BCUT2D eigenvalue weighted by Gasteiger charge is -2.63. The van der Waals surface area contributed by atoms with Crippen molar-refractivity contribution in [3.63, 3.8) is 0 Å². The summed E-state index contributed by atoms with van der Waals surface area (Å²) in [5.41, 5.74) is 2.02. The summed E-state index contributed by atoms with van der Waals surface area (Å²) < 4.78 is 0. The molecule has 1 heteroatoms. The summed E-state index contributed by atoms with van der Waals surface area (Å²) in [5, 5.41) is 0. The Hall–Kier alpha value is 0.430. The zero-order valence-electron chi connectivity index (χ0n) is 21.6. The average Bonchev–Trinajstić information content (AvgIpc) is 2.73. The van der Waals surface area contributed by atoms with Gasteiger partial charge in [-0.1, -0.05) is 41.5 Å². The molecule has 0 aromatic heterocycles. The molecule has 9 rings (SSSR count). The molecule has 0 N–H and O–H groups in total. The molecule has 0 radical (unpaired) electrons. The molecule has 9 atom stereocenters. The van der Waals surface area contributed by atoms with Crippen molar-refractivity contribution in [2.45, 2.75) is 99.3 Å². The maximum atomic E-state index is 2.62. The van der Waals surface area contributed by atoms with E-state index in [2.05, 4.69) is 41.5 Å². The van der Waals surface area contributed by atoms with Gasteiger partial charge in [0.25, 0.3) is 0 Å². The first-order valence-corrected chi connectivity index (χ1v) is 16.2. The number of fused-ring (bicyclic) bond motifs is 6. The van der Waals surface area contributed by atoms with Crippen molar-refractivity contribution < 1.29 is 0 Å². The van der Waals surface area contributed by atoms with Crippen molar-refractivity contribution in [1.82, 2.24) is 0 Å². The van der Waals surface area contributed by atoms with Gasteiger partial charge in [0.05, 0.1) is 0 Å². The van der Waals surface area contributed by atoms with E-state index in [9.17, 15) is 0 Å². The van der Waals surface area contributed by atoms with Crippen LogP contribution in [0.25, 0.3) is 0 Å². The molecule has 0 heterocycles. The van der Waals surface area contributed by atoms with Gasteiger partial charge in [-0.25, -0.2) is 0 Å². The third-order valence-electron chi connectivity index (χ3n) is 13.5. The van der Waals surface area contributed by atoms with Crippen molar-refractivity contribution in [3.8, 4) is 0 Å². The summed E-state index contributed by atoms with van der Waals surface area (Å²) >= 11 is 0. The molecular weight excluding hydrogens is 391 g/mol. The van der Waals surface area contributed by atoms with E-state index < -0.39 is 0 Å². The van der Waals surface area contributed by atoms with Gasteiger partial charge in [-0.05, 0) is 146 Å². The summed E-state index contributed by atoms with van der Waals surface area (Å²) in [4.78, 5) is 0. The fraction of sp³-hybridized carbons (Fsp3) is 1.00. The lowest BCUT2D eigenvalue weighted by Crippen LogP contribution is -2.54. The second-order valence-electron chi connectivity index (χ2n) is 15.3. The second kappa shape index (κ2) is 7.22. The summed E-state index contributed by atoms with van der Waals surface area (Å²) in [6, 6.07) is 0. The Kier molecular flexibility index (Phi) is 5.11. The van der Waals surface area contributed by atoms with E-state index in [0.717, 1.165) is 53.3 Å². The van der Waals surface area contributed by atoms with Crippen LogP contribution in [0.1, 0.15) is 99.3 Å². The van der Waals surface area contributed by atoms with Crippen LogP contribution < -0.4 is 0 Å². The second-order valence-corrected chi connectivity index (χ2v) is 17.7. The molecule has 0 aromatic rings. The molecule has 0 saturated heterocycles. The van der Waals surface area contributed by atoms with E-state index in [1.54, 1.807) is 76.3 Å². The highest BCUT2D eigenvalue weighted by molar-refractivity contribution is 7.57. The van der Waals surface area contributed by atoms with Crippen molar-refractivity contribution in [3.05, 3.63) is 0 Å². The van der Waals surface area contributed by atoms with E-state index >= 15 is 0 Å². The maximum Gasteiger partial charge on any atom is -0.0294 e. The van der Waals surface area contributed by atoms with Crippen LogP contribution in [0, 0.1) is 69.5 Å². The van der Waals surface area contributed by atoms with Gasteiger partial charge in [0, 0.05) is 0 Å². The predicted molar refractivity (Wildman–Crippen MR) is 136 cm³/mol. The van der Waals surface area contributed by atoms with Crippen LogP contribution in [0.4, 0.5) is 0 Å². The highest BCUT2D eigenvalue weighted by Crippen LogP contribution is 2.68. The van der Waals surface area contributed by atoms with Gasteiger partial charge < -0.3 is 0 Å². The molecule has 31 heavy (non-hydrogen) atoms. The van der Waals surface area contributed by atoms with E-state index in [0.29, 0.717) is 16.2 Å². The van der Waals surface area contributed by atoms with Crippen LogP contribution in [0.15, 0.2) is 0 Å². The van der Waals surface area contributed by atoms with Crippen molar-refractivity contribution in [2.24, 2.45) is 69.5 Å². The van der Waals surface area contributed by atoms with E-state index in [1.807, 2.05) is 0 Å². The molecule has 6 bridgehead atoms. The molecule has 176 valence electrons. The molecule has 9 aliphatic rings. The maximum absolute atomic E-state index is 2.62. The fourth-order valence-electron chi connectivity index (χ4n) is 10.8. The van der Waals surface area contributed by atoms with Crippen LogP contribution in [0.5, 0.6) is 0 Å². The first-order valence-electron chi connectivity index (χ1n) is 14.3. The Labute approximate surface area is 195 Å². The van der Waals surface area contributed by atoms with Gasteiger partial charge in [0.15, 0.2) is 0 Å². The van der Waals surface area contributed by atoms with Gasteiger partial charge in [0.1, 0.15) is 0 Å². The van der Waals surface area contributed by atoms with Crippen molar-refractivity contribution in [1.29, 1.82) is 0 Å². The quantitative estimate of drug-likeness (QED) is 0.361.